The highest BCUT2D eigenvalue weighted by Crippen LogP contribution is 2.20. The SMILES string of the molecule is COc1ccccc1CNC(=O)[C@H](CC(C)C)NS(=O)(=O)c1ccc2c(c1)oc(=O)n2C. The number of rotatable bonds is 9. The smallest absolute Gasteiger partial charge is 0.419 e. The van der Waals surface area contributed by atoms with Crippen LogP contribution in [0, 0.1) is 5.92 Å². The number of nitrogens with one attached hydrogen (secondary N) is 2. The van der Waals surface area contributed by atoms with Gasteiger partial charge >= 0.3 is 5.76 Å². The molecule has 1 atom stereocenters. The van der Waals surface area contributed by atoms with Gasteiger partial charge < -0.3 is 14.5 Å². The molecule has 3 aromatic rings. The maximum absolute atomic E-state index is 13.0. The maximum atomic E-state index is 13.0. The summed E-state index contributed by atoms with van der Waals surface area (Å²) >= 11 is 0. The molecule has 0 aliphatic rings. The van der Waals surface area contributed by atoms with E-state index in [2.05, 4.69) is 10.0 Å². The molecule has 1 amide bonds. The first-order valence-corrected chi connectivity index (χ1v) is 11.6. The number of ether oxygens (including phenoxy) is 1. The molecule has 10 heteroatoms. The molecule has 0 saturated heterocycles. The maximum Gasteiger partial charge on any atom is 0.419 e. The average Bonchev–Trinajstić information content (AvgIpc) is 3.04. The molecule has 2 aromatic carbocycles. The Morgan fingerprint density at radius 2 is 1.91 bits per heavy atom. The van der Waals surface area contributed by atoms with Gasteiger partial charge in [-0.25, -0.2) is 13.2 Å². The van der Waals surface area contributed by atoms with Crippen LogP contribution in [-0.4, -0.2) is 32.0 Å². The highest BCUT2D eigenvalue weighted by atomic mass is 32.2. The average molecular weight is 462 g/mol. The van der Waals surface area contributed by atoms with Crippen LogP contribution in [0.15, 0.2) is 56.6 Å². The number of hydrogen-bond acceptors (Lipinski definition) is 6. The molecule has 2 N–H and O–H groups in total. The fourth-order valence-electron chi connectivity index (χ4n) is 3.37. The molecule has 0 fully saturated rings. The summed E-state index contributed by atoms with van der Waals surface area (Å²) in [6, 6.07) is 10.4. The first-order valence-electron chi connectivity index (χ1n) is 10.1. The number of para-hydroxylation sites is 1. The summed E-state index contributed by atoms with van der Waals surface area (Å²) in [5.74, 6) is -0.336. The zero-order chi connectivity index (χ0) is 23.5. The van der Waals surface area contributed by atoms with Crippen LogP contribution >= 0.6 is 0 Å². The quantitative estimate of drug-likeness (QED) is 0.504. The number of oxazole rings is 1. The van der Waals surface area contributed by atoms with Crippen molar-refractivity contribution in [2.75, 3.05) is 7.11 Å². The lowest BCUT2D eigenvalue weighted by Gasteiger charge is -2.20. The Morgan fingerprint density at radius 3 is 2.59 bits per heavy atom. The highest BCUT2D eigenvalue weighted by molar-refractivity contribution is 7.89. The van der Waals surface area contributed by atoms with Crippen LogP contribution in [0.3, 0.4) is 0 Å². The van der Waals surface area contributed by atoms with Crippen LogP contribution in [0.5, 0.6) is 5.75 Å². The molecular weight excluding hydrogens is 434 g/mol. The minimum absolute atomic E-state index is 0.0642. The summed E-state index contributed by atoms with van der Waals surface area (Å²) in [4.78, 5) is 24.5. The number of aromatic nitrogens is 1. The van der Waals surface area contributed by atoms with E-state index in [4.69, 9.17) is 9.15 Å². The Balaban J connectivity index is 1.80. The Hall–Kier alpha value is -3.11. The Morgan fingerprint density at radius 1 is 1.19 bits per heavy atom. The number of methoxy groups -OCH3 is 1. The second-order valence-corrected chi connectivity index (χ2v) is 9.60. The summed E-state index contributed by atoms with van der Waals surface area (Å²) < 4.78 is 40.2. The molecule has 1 heterocycles. The van der Waals surface area contributed by atoms with E-state index in [1.54, 1.807) is 13.2 Å². The van der Waals surface area contributed by atoms with Crippen LogP contribution in [0.25, 0.3) is 11.1 Å². The number of nitrogens with zero attached hydrogens (tertiary/aromatic N) is 1. The van der Waals surface area contributed by atoms with Crippen molar-refractivity contribution >= 4 is 27.0 Å². The Labute approximate surface area is 186 Å². The molecule has 0 unspecified atom stereocenters. The van der Waals surface area contributed by atoms with Gasteiger partial charge in [0, 0.05) is 25.2 Å². The summed E-state index contributed by atoms with van der Waals surface area (Å²) in [6.45, 7) is 4.00. The monoisotopic (exact) mass is 461 g/mol. The lowest BCUT2D eigenvalue weighted by molar-refractivity contribution is -0.123. The number of fused-ring (bicyclic) bond motifs is 1. The topological polar surface area (TPSA) is 120 Å². The summed E-state index contributed by atoms with van der Waals surface area (Å²) in [7, 11) is -0.971. The van der Waals surface area contributed by atoms with E-state index in [-0.39, 0.29) is 22.9 Å². The molecule has 0 aliphatic heterocycles. The van der Waals surface area contributed by atoms with Crippen molar-refractivity contribution in [3.63, 3.8) is 0 Å². The van der Waals surface area contributed by atoms with E-state index in [1.807, 2.05) is 32.0 Å². The third-order valence-corrected chi connectivity index (χ3v) is 6.51. The zero-order valence-electron chi connectivity index (χ0n) is 18.4. The zero-order valence-corrected chi connectivity index (χ0v) is 19.2. The highest BCUT2D eigenvalue weighted by Gasteiger charge is 2.27. The third-order valence-electron chi connectivity index (χ3n) is 5.04. The first kappa shape index (κ1) is 23.6. The second-order valence-electron chi connectivity index (χ2n) is 7.89. The number of sulfonamides is 1. The van der Waals surface area contributed by atoms with Gasteiger partial charge in [0.2, 0.25) is 15.9 Å². The van der Waals surface area contributed by atoms with E-state index < -0.39 is 27.7 Å². The molecule has 1 aromatic heterocycles. The molecule has 32 heavy (non-hydrogen) atoms. The van der Waals surface area contributed by atoms with Crippen molar-refractivity contribution in [3.8, 4) is 5.75 Å². The first-order chi connectivity index (χ1) is 15.1. The number of amides is 1. The van der Waals surface area contributed by atoms with Crippen LogP contribution in [0.1, 0.15) is 25.8 Å². The normalized spacial score (nSPS) is 12.8. The predicted octanol–water partition coefficient (Wildman–Crippen LogP) is 2.15. The van der Waals surface area contributed by atoms with E-state index >= 15 is 0 Å². The molecule has 3 rings (SSSR count). The van der Waals surface area contributed by atoms with Gasteiger partial charge in [0.25, 0.3) is 0 Å². The molecule has 0 radical (unpaired) electrons. The minimum atomic E-state index is -4.05. The number of carbonyl (C=O) groups is 1. The number of carbonyl (C=O) groups excluding carboxylic acids is 1. The number of hydrogen-bond donors (Lipinski definition) is 2. The molecule has 0 aliphatic carbocycles. The van der Waals surface area contributed by atoms with E-state index in [0.717, 1.165) is 5.56 Å². The Bertz CT molecular complexity index is 1280. The van der Waals surface area contributed by atoms with Crippen molar-refractivity contribution in [1.29, 1.82) is 0 Å². The summed E-state index contributed by atoms with van der Waals surface area (Å²) in [5.41, 5.74) is 1.41. The fraction of sp³-hybridized carbons (Fsp3) is 0.364. The molecule has 172 valence electrons. The largest absolute Gasteiger partial charge is 0.496 e. The van der Waals surface area contributed by atoms with Gasteiger partial charge in [-0.2, -0.15) is 4.72 Å². The summed E-state index contributed by atoms with van der Waals surface area (Å²) in [6.07, 6.45) is 0.305. The van der Waals surface area contributed by atoms with Gasteiger partial charge in [-0.05, 0) is 30.5 Å². The predicted molar refractivity (Wildman–Crippen MR) is 120 cm³/mol. The van der Waals surface area contributed by atoms with Gasteiger partial charge in [0.15, 0.2) is 5.58 Å². The van der Waals surface area contributed by atoms with Gasteiger partial charge in [0.1, 0.15) is 11.8 Å². The van der Waals surface area contributed by atoms with Crippen molar-refractivity contribution in [1.82, 2.24) is 14.6 Å². The molecule has 0 bridgehead atoms. The van der Waals surface area contributed by atoms with Gasteiger partial charge in [0.05, 0.1) is 17.5 Å². The summed E-state index contributed by atoms with van der Waals surface area (Å²) in [5, 5.41) is 2.78. The van der Waals surface area contributed by atoms with Gasteiger partial charge in [-0.3, -0.25) is 9.36 Å². The van der Waals surface area contributed by atoms with Crippen molar-refractivity contribution in [3.05, 3.63) is 58.6 Å². The van der Waals surface area contributed by atoms with E-state index in [0.29, 0.717) is 17.7 Å². The van der Waals surface area contributed by atoms with Crippen LogP contribution in [0.4, 0.5) is 0 Å². The second kappa shape index (κ2) is 9.58. The van der Waals surface area contributed by atoms with Crippen LogP contribution in [-0.2, 0) is 28.4 Å². The van der Waals surface area contributed by atoms with E-state index in [9.17, 15) is 18.0 Å². The van der Waals surface area contributed by atoms with Crippen molar-refractivity contribution < 1.29 is 22.4 Å². The van der Waals surface area contributed by atoms with Crippen molar-refractivity contribution in [2.24, 2.45) is 13.0 Å². The number of aryl methyl sites for hydroxylation is 1. The molecule has 0 saturated carbocycles. The Kier molecular flexibility index (Phi) is 7.05. The molecular formula is C22H27N3O6S. The third kappa shape index (κ3) is 5.20. The molecule has 9 nitrogen and oxygen atoms in total. The van der Waals surface area contributed by atoms with Crippen LogP contribution < -0.4 is 20.5 Å². The standard InChI is InChI=1S/C22H27N3O6S/c1-14(2)11-17(21(26)23-13-15-7-5-6-8-19(15)30-4)24-32(28,29)16-9-10-18-20(12-16)31-22(27)25(18)3/h5-10,12,14,17,24H,11,13H2,1-4H3,(H,23,26)/t17-/m0/s1. The number of benzene rings is 2. The van der Waals surface area contributed by atoms with Crippen molar-refractivity contribution in [2.45, 2.75) is 37.8 Å². The van der Waals surface area contributed by atoms with Gasteiger partial charge in [-0.15, -0.1) is 0 Å². The minimum Gasteiger partial charge on any atom is -0.496 e. The van der Waals surface area contributed by atoms with Gasteiger partial charge in [-0.1, -0.05) is 32.0 Å². The lowest BCUT2D eigenvalue weighted by Crippen LogP contribution is -2.47. The lowest BCUT2D eigenvalue weighted by atomic mass is 10.0. The van der Waals surface area contributed by atoms with Crippen LogP contribution in [0.2, 0.25) is 0 Å². The fourth-order valence-corrected chi connectivity index (χ4v) is 4.59. The molecule has 0 spiro atoms. The van der Waals surface area contributed by atoms with E-state index in [1.165, 1.54) is 29.8 Å².